The molecule has 4 rings (SSSR count). The first kappa shape index (κ1) is 24.7. The molecule has 1 aliphatic rings. The molecule has 35 heavy (non-hydrogen) atoms. The normalized spacial score (nSPS) is 17.1. The zero-order valence-corrected chi connectivity index (χ0v) is 21.1. The van der Waals surface area contributed by atoms with E-state index in [2.05, 4.69) is 15.9 Å². The van der Waals surface area contributed by atoms with E-state index >= 15 is 0 Å². The minimum Gasteiger partial charge on any atom is -0.507 e. The number of halogens is 1. The van der Waals surface area contributed by atoms with Gasteiger partial charge in [-0.25, -0.2) is 0 Å². The fourth-order valence-electron chi connectivity index (χ4n) is 4.17. The monoisotopic (exact) mass is 535 g/mol. The van der Waals surface area contributed by atoms with Crippen LogP contribution in [0, 0.1) is 6.92 Å². The number of aliphatic hydroxyl groups excluding tert-OH is 1. The fraction of sp³-hybridized carbons (Fsp3) is 0.214. The van der Waals surface area contributed by atoms with E-state index in [-0.39, 0.29) is 24.5 Å². The quantitative estimate of drug-likeness (QED) is 0.237. The van der Waals surface area contributed by atoms with Gasteiger partial charge in [-0.2, -0.15) is 0 Å². The number of carbonyl (C=O) groups excluding carboxylic acids is 2. The number of rotatable bonds is 8. The van der Waals surface area contributed by atoms with Gasteiger partial charge in [-0.15, -0.1) is 0 Å². The summed E-state index contributed by atoms with van der Waals surface area (Å²) in [7, 11) is 1.54. The van der Waals surface area contributed by atoms with Gasteiger partial charge < -0.3 is 19.5 Å². The van der Waals surface area contributed by atoms with Crippen molar-refractivity contribution < 1.29 is 24.2 Å². The molecule has 1 atom stereocenters. The van der Waals surface area contributed by atoms with Crippen molar-refractivity contribution in [1.82, 2.24) is 4.90 Å². The third-order valence-corrected chi connectivity index (χ3v) is 6.49. The van der Waals surface area contributed by atoms with E-state index in [4.69, 9.17) is 9.47 Å². The Labute approximate surface area is 212 Å². The van der Waals surface area contributed by atoms with Gasteiger partial charge in [0, 0.05) is 23.7 Å². The van der Waals surface area contributed by atoms with Gasteiger partial charge in [-0.1, -0.05) is 58.4 Å². The molecule has 6 nitrogen and oxygen atoms in total. The van der Waals surface area contributed by atoms with Gasteiger partial charge in [0.2, 0.25) is 0 Å². The number of ether oxygens (including phenoxy) is 2. The zero-order valence-electron chi connectivity index (χ0n) is 19.5. The Bertz CT molecular complexity index is 1250. The number of aryl methyl sites for hydroxylation is 1. The predicted molar refractivity (Wildman–Crippen MR) is 137 cm³/mol. The number of Topliss-reactive ketones (excluding diaryl/α,β-unsaturated/α-hetero) is 1. The van der Waals surface area contributed by atoms with Crippen molar-refractivity contribution in [3.8, 4) is 5.75 Å². The number of amides is 1. The summed E-state index contributed by atoms with van der Waals surface area (Å²) in [6.07, 6.45) is 0. The van der Waals surface area contributed by atoms with Crippen LogP contribution in [0.1, 0.15) is 28.3 Å². The topological polar surface area (TPSA) is 76.1 Å². The highest BCUT2D eigenvalue weighted by Gasteiger charge is 2.46. The Morgan fingerprint density at radius 2 is 1.74 bits per heavy atom. The lowest BCUT2D eigenvalue weighted by atomic mass is 9.94. The van der Waals surface area contributed by atoms with Crippen LogP contribution < -0.4 is 4.74 Å². The third kappa shape index (κ3) is 5.31. The number of nitrogens with zero attached hydrogens (tertiary/aromatic N) is 1. The minimum absolute atomic E-state index is 0.0643. The highest BCUT2D eigenvalue weighted by atomic mass is 79.9. The molecule has 1 N–H and O–H groups in total. The summed E-state index contributed by atoms with van der Waals surface area (Å²) >= 11 is 3.42. The summed E-state index contributed by atoms with van der Waals surface area (Å²) in [4.78, 5) is 27.5. The first-order valence-corrected chi connectivity index (χ1v) is 12.0. The average Bonchev–Trinajstić information content (AvgIpc) is 3.12. The highest BCUT2D eigenvalue weighted by Crippen LogP contribution is 2.40. The van der Waals surface area contributed by atoms with E-state index in [0.717, 1.165) is 21.2 Å². The lowest BCUT2D eigenvalue weighted by Gasteiger charge is -2.25. The molecule has 1 heterocycles. The second-order valence-electron chi connectivity index (χ2n) is 8.29. The van der Waals surface area contributed by atoms with Gasteiger partial charge in [-0.3, -0.25) is 9.59 Å². The summed E-state index contributed by atoms with van der Waals surface area (Å²) in [5.74, 6) is -0.927. The molecular weight excluding hydrogens is 510 g/mol. The molecule has 7 heteroatoms. The Hall–Kier alpha value is -3.42. The molecule has 0 spiro atoms. The van der Waals surface area contributed by atoms with E-state index in [1.54, 1.807) is 12.1 Å². The molecule has 1 amide bonds. The Balaban J connectivity index is 1.70. The van der Waals surface area contributed by atoms with Crippen molar-refractivity contribution in [1.29, 1.82) is 0 Å². The number of ketones is 1. The van der Waals surface area contributed by atoms with Gasteiger partial charge in [0.1, 0.15) is 18.1 Å². The summed E-state index contributed by atoms with van der Waals surface area (Å²) in [6, 6.07) is 21.7. The van der Waals surface area contributed by atoms with E-state index in [0.29, 0.717) is 17.9 Å². The molecule has 0 saturated carbocycles. The Morgan fingerprint density at radius 1 is 1.03 bits per heavy atom. The SMILES string of the molecule is COCCN1C(=O)C(=O)/C(=C(/O)c2ccc(OCc3ccccc3)cc2C)[C@H]1c1ccc(Br)cc1. The predicted octanol–water partition coefficient (Wildman–Crippen LogP) is 5.40. The molecule has 1 saturated heterocycles. The van der Waals surface area contributed by atoms with Gasteiger partial charge in [-0.05, 0) is 53.9 Å². The number of likely N-dealkylation sites (tertiary alicyclic amines) is 1. The molecule has 3 aromatic rings. The molecule has 0 bridgehead atoms. The number of methoxy groups -OCH3 is 1. The highest BCUT2D eigenvalue weighted by molar-refractivity contribution is 9.10. The van der Waals surface area contributed by atoms with Crippen LogP contribution in [0.15, 0.2) is 82.8 Å². The van der Waals surface area contributed by atoms with E-state index in [9.17, 15) is 14.7 Å². The number of aliphatic hydroxyl groups is 1. The van der Waals surface area contributed by atoms with E-state index < -0.39 is 17.7 Å². The smallest absolute Gasteiger partial charge is 0.295 e. The number of hydrogen-bond donors (Lipinski definition) is 1. The van der Waals surface area contributed by atoms with Crippen molar-refractivity contribution in [3.63, 3.8) is 0 Å². The molecular formula is C28H26BrNO5. The van der Waals surface area contributed by atoms with Crippen LogP contribution in [0.3, 0.4) is 0 Å². The van der Waals surface area contributed by atoms with E-state index in [1.165, 1.54) is 12.0 Å². The van der Waals surface area contributed by atoms with Gasteiger partial charge in [0.15, 0.2) is 0 Å². The first-order chi connectivity index (χ1) is 16.9. The van der Waals surface area contributed by atoms with Crippen LogP contribution in [0.2, 0.25) is 0 Å². The first-order valence-electron chi connectivity index (χ1n) is 11.2. The Morgan fingerprint density at radius 3 is 2.40 bits per heavy atom. The second-order valence-corrected chi connectivity index (χ2v) is 9.20. The second kappa shape index (κ2) is 10.9. The third-order valence-electron chi connectivity index (χ3n) is 5.96. The summed E-state index contributed by atoms with van der Waals surface area (Å²) < 4.78 is 11.9. The summed E-state index contributed by atoms with van der Waals surface area (Å²) in [5.41, 5.74) is 3.04. The van der Waals surface area contributed by atoms with Crippen molar-refractivity contribution in [3.05, 3.63) is 105 Å². The van der Waals surface area contributed by atoms with Crippen molar-refractivity contribution >= 4 is 33.4 Å². The van der Waals surface area contributed by atoms with Gasteiger partial charge >= 0.3 is 0 Å². The molecule has 180 valence electrons. The van der Waals surface area contributed by atoms with Crippen LogP contribution in [0.4, 0.5) is 0 Å². The van der Waals surface area contributed by atoms with Crippen LogP contribution in [-0.4, -0.2) is 42.0 Å². The lowest BCUT2D eigenvalue weighted by Crippen LogP contribution is -2.32. The van der Waals surface area contributed by atoms with Gasteiger partial charge in [0.25, 0.3) is 11.7 Å². The van der Waals surface area contributed by atoms with Gasteiger partial charge in [0.05, 0.1) is 18.2 Å². The summed E-state index contributed by atoms with van der Waals surface area (Å²) in [6.45, 7) is 2.75. The van der Waals surface area contributed by atoms with Crippen LogP contribution in [0.5, 0.6) is 5.75 Å². The molecule has 1 fully saturated rings. The number of hydrogen-bond acceptors (Lipinski definition) is 5. The number of carbonyl (C=O) groups is 2. The molecule has 1 aliphatic heterocycles. The maximum absolute atomic E-state index is 13.1. The molecule has 0 unspecified atom stereocenters. The maximum Gasteiger partial charge on any atom is 0.295 e. The summed E-state index contributed by atoms with van der Waals surface area (Å²) in [5, 5.41) is 11.3. The van der Waals surface area contributed by atoms with Crippen molar-refractivity contribution in [2.75, 3.05) is 20.3 Å². The van der Waals surface area contributed by atoms with Crippen LogP contribution in [-0.2, 0) is 20.9 Å². The Kier molecular flexibility index (Phi) is 7.68. The van der Waals surface area contributed by atoms with Crippen molar-refractivity contribution in [2.45, 2.75) is 19.6 Å². The lowest BCUT2D eigenvalue weighted by molar-refractivity contribution is -0.140. The largest absolute Gasteiger partial charge is 0.507 e. The fourth-order valence-corrected chi connectivity index (χ4v) is 4.43. The molecule has 0 aliphatic carbocycles. The zero-order chi connectivity index (χ0) is 24.9. The number of benzene rings is 3. The van der Waals surface area contributed by atoms with E-state index in [1.807, 2.05) is 67.6 Å². The minimum atomic E-state index is -0.716. The molecule has 0 aromatic heterocycles. The van der Waals surface area contributed by atoms with Crippen LogP contribution >= 0.6 is 15.9 Å². The molecule has 3 aromatic carbocycles. The standard InChI is InChI=1S/C28H26BrNO5/c1-18-16-22(35-17-19-6-4-3-5-7-19)12-13-23(18)26(31)24-25(20-8-10-21(29)11-9-20)30(14-15-34-2)28(33)27(24)32/h3-13,16,25,31H,14-15,17H2,1-2H3/b26-24+/t25-/m1/s1. The van der Waals surface area contributed by atoms with Crippen molar-refractivity contribution in [2.24, 2.45) is 0 Å². The maximum atomic E-state index is 13.1. The van der Waals surface area contributed by atoms with Crippen LogP contribution in [0.25, 0.3) is 5.76 Å². The average molecular weight is 536 g/mol. The molecule has 0 radical (unpaired) electrons.